The molecule has 0 aliphatic heterocycles. The van der Waals surface area contributed by atoms with Gasteiger partial charge in [-0.15, -0.1) is 0 Å². The van der Waals surface area contributed by atoms with E-state index in [1.807, 2.05) is 61.5 Å². The molecular weight excluding hydrogens is 262 g/mol. The van der Waals surface area contributed by atoms with Crippen molar-refractivity contribution in [1.29, 1.82) is 0 Å². The second kappa shape index (κ2) is 7.04. The molecule has 2 aromatic rings. The van der Waals surface area contributed by atoms with E-state index in [1.165, 1.54) is 0 Å². The Labute approximate surface area is 125 Å². The normalized spacial score (nSPS) is 12.0. The fourth-order valence-electron chi connectivity index (χ4n) is 2.42. The first-order chi connectivity index (χ1) is 10.2. The van der Waals surface area contributed by atoms with Crippen molar-refractivity contribution in [3.63, 3.8) is 0 Å². The number of benzene rings is 2. The van der Waals surface area contributed by atoms with Crippen LogP contribution in [0.1, 0.15) is 23.7 Å². The number of hydrogen-bond acceptors (Lipinski definition) is 2. The predicted molar refractivity (Wildman–Crippen MR) is 85.1 cm³/mol. The van der Waals surface area contributed by atoms with E-state index in [1.54, 1.807) is 11.9 Å². The van der Waals surface area contributed by atoms with Gasteiger partial charge in [0.15, 0.2) is 0 Å². The largest absolute Gasteiger partial charge is 0.394 e. The molecule has 0 radical (unpaired) electrons. The fraction of sp³-hybridized carbons (Fsp3) is 0.278. The number of aliphatic hydroxyl groups is 1. The molecule has 3 heteroatoms. The van der Waals surface area contributed by atoms with Crippen molar-refractivity contribution < 1.29 is 9.90 Å². The maximum absolute atomic E-state index is 12.7. The van der Waals surface area contributed by atoms with Crippen LogP contribution >= 0.6 is 0 Å². The SMILES string of the molecule is CC[C@@H](CO)N(C)C(=O)c1ccccc1-c1ccccc1. The maximum Gasteiger partial charge on any atom is 0.254 e. The van der Waals surface area contributed by atoms with Gasteiger partial charge >= 0.3 is 0 Å². The summed E-state index contributed by atoms with van der Waals surface area (Å²) in [4.78, 5) is 14.3. The summed E-state index contributed by atoms with van der Waals surface area (Å²) >= 11 is 0. The van der Waals surface area contributed by atoms with Crippen LogP contribution < -0.4 is 0 Å². The van der Waals surface area contributed by atoms with Crippen LogP contribution in [-0.4, -0.2) is 35.6 Å². The van der Waals surface area contributed by atoms with E-state index in [-0.39, 0.29) is 18.6 Å². The summed E-state index contributed by atoms with van der Waals surface area (Å²) < 4.78 is 0. The van der Waals surface area contributed by atoms with E-state index >= 15 is 0 Å². The van der Waals surface area contributed by atoms with Crippen LogP contribution in [0.3, 0.4) is 0 Å². The minimum Gasteiger partial charge on any atom is -0.394 e. The molecule has 1 atom stereocenters. The Hall–Kier alpha value is -2.13. The van der Waals surface area contributed by atoms with E-state index in [0.717, 1.165) is 17.5 Å². The molecule has 0 aliphatic carbocycles. The van der Waals surface area contributed by atoms with Gasteiger partial charge in [-0.2, -0.15) is 0 Å². The highest BCUT2D eigenvalue weighted by Gasteiger charge is 2.21. The molecule has 21 heavy (non-hydrogen) atoms. The van der Waals surface area contributed by atoms with E-state index < -0.39 is 0 Å². The van der Waals surface area contributed by atoms with Gasteiger partial charge in [0.05, 0.1) is 12.6 Å². The van der Waals surface area contributed by atoms with E-state index in [0.29, 0.717) is 5.56 Å². The Kier molecular flexibility index (Phi) is 5.12. The van der Waals surface area contributed by atoms with E-state index in [2.05, 4.69) is 0 Å². The van der Waals surface area contributed by atoms with Gasteiger partial charge in [-0.25, -0.2) is 0 Å². The number of nitrogens with zero attached hydrogens (tertiary/aromatic N) is 1. The van der Waals surface area contributed by atoms with Gasteiger partial charge < -0.3 is 10.0 Å². The lowest BCUT2D eigenvalue weighted by Gasteiger charge is -2.26. The summed E-state index contributed by atoms with van der Waals surface area (Å²) in [5, 5.41) is 9.38. The first-order valence-corrected chi connectivity index (χ1v) is 7.21. The molecule has 1 N–H and O–H groups in total. The number of likely N-dealkylation sites (N-methyl/N-ethyl adjacent to an activating group) is 1. The third kappa shape index (κ3) is 3.31. The van der Waals surface area contributed by atoms with Crippen LogP contribution in [0.15, 0.2) is 54.6 Å². The molecule has 0 aromatic heterocycles. The van der Waals surface area contributed by atoms with Crippen molar-refractivity contribution in [2.45, 2.75) is 19.4 Å². The molecular formula is C18H21NO2. The lowest BCUT2D eigenvalue weighted by Crippen LogP contribution is -2.39. The number of carbonyl (C=O) groups is 1. The smallest absolute Gasteiger partial charge is 0.254 e. The second-order valence-corrected chi connectivity index (χ2v) is 5.07. The van der Waals surface area contributed by atoms with Crippen molar-refractivity contribution in [3.05, 3.63) is 60.2 Å². The third-order valence-corrected chi connectivity index (χ3v) is 3.79. The fourth-order valence-corrected chi connectivity index (χ4v) is 2.42. The van der Waals surface area contributed by atoms with Crippen LogP contribution in [0.4, 0.5) is 0 Å². The van der Waals surface area contributed by atoms with Crippen LogP contribution in [-0.2, 0) is 0 Å². The molecule has 0 unspecified atom stereocenters. The molecule has 1 amide bonds. The minimum atomic E-state index is -0.152. The lowest BCUT2D eigenvalue weighted by atomic mass is 9.98. The number of hydrogen-bond donors (Lipinski definition) is 1. The maximum atomic E-state index is 12.7. The number of rotatable bonds is 5. The second-order valence-electron chi connectivity index (χ2n) is 5.07. The zero-order chi connectivity index (χ0) is 15.2. The number of aliphatic hydroxyl groups excluding tert-OH is 1. The summed E-state index contributed by atoms with van der Waals surface area (Å²) in [5.41, 5.74) is 2.60. The highest BCUT2D eigenvalue weighted by molar-refractivity contribution is 6.00. The van der Waals surface area contributed by atoms with E-state index in [9.17, 15) is 9.90 Å². The standard InChI is InChI=1S/C18H21NO2/c1-3-15(13-20)19(2)18(21)17-12-8-7-11-16(17)14-9-5-4-6-10-14/h4-12,15,20H,3,13H2,1-2H3/t15-/m0/s1. The molecule has 0 saturated carbocycles. The number of carbonyl (C=O) groups excluding carboxylic acids is 1. The predicted octanol–water partition coefficient (Wildman–Crippen LogP) is 3.20. The van der Waals surface area contributed by atoms with Crippen molar-refractivity contribution >= 4 is 5.91 Å². The Morgan fingerprint density at radius 2 is 1.71 bits per heavy atom. The zero-order valence-electron chi connectivity index (χ0n) is 12.5. The molecule has 0 fully saturated rings. The molecule has 0 saturated heterocycles. The third-order valence-electron chi connectivity index (χ3n) is 3.79. The summed E-state index contributed by atoms with van der Waals surface area (Å²) in [6.45, 7) is 1.94. The average molecular weight is 283 g/mol. The van der Waals surface area contributed by atoms with Gasteiger partial charge in [0.2, 0.25) is 0 Å². The molecule has 0 spiro atoms. The zero-order valence-corrected chi connectivity index (χ0v) is 12.5. The van der Waals surface area contributed by atoms with Crippen molar-refractivity contribution in [2.75, 3.05) is 13.7 Å². The Balaban J connectivity index is 2.39. The van der Waals surface area contributed by atoms with Gasteiger partial charge in [-0.05, 0) is 23.6 Å². The minimum absolute atomic E-state index is 0.0216. The molecule has 2 aromatic carbocycles. The van der Waals surface area contributed by atoms with Crippen LogP contribution in [0.25, 0.3) is 11.1 Å². The lowest BCUT2D eigenvalue weighted by molar-refractivity contribution is 0.0655. The highest BCUT2D eigenvalue weighted by atomic mass is 16.3. The van der Waals surface area contributed by atoms with Crippen LogP contribution in [0.2, 0.25) is 0 Å². The molecule has 110 valence electrons. The Morgan fingerprint density at radius 1 is 1.10 bits per heavy atom. The van der Waals surface area contributed by atoms with E-state index in [4.69, 9.17) is 0 Å². The summed E-state index contributed by atoms with van der Waals surface area (Å²) in [6, 6.07) is 17.3. The molecule has 0 aliphatic rings. The van der Waals surface area contributed by atoms with Crippen molar-refractivity contribution in [2.24, 2.45) is 0 Å². The Bertz CT molecular complexity index is 591. The van der Waals surface area contributed by atoms with Gasteiger partial charge in [-0.1, -0.05) is 55.5 Å². The van der Waals surface area contributed by atoms with Crippen LogP contribution in [0.5, 0.6) is 0 Å². The van der Waals surface area contributed by atoms with Gasteiger partial charge in [0.25, 0.3) is 5.91 Å². The molecule has 0 heterocycles. The van der Waals surface area contributed by atoms with Gasteiger partial charge in [0.1, 0.15) is 0 Å². The first-order valence-electron chi connectivity index (χ1n) is 7.21. The topological polar surface area (TPSA) is 40.5 Å². The summed E-state index contributed by atoms with van der Waals surface area (Å²) in [5.74, 6) is -0.0599. The summed E-state index contributed by atoms with van der Waals surface area (Å²) in [6.07, 6.45) is 0.728. The monoisotopic (exact) mass is 283 g/mol. The molecule has 0 bridgehead atoms. The molecule has 3 nitrogen and oxygen atoms in total. The van der Waals surface area contributed by atoms with Crippen molar-refractivity contribution in [1.82, 2.24) is 4.90 Å². The Morgan fingerprint density at radius 3 is 2.33 bits per heavy atom. The summed E-state index contributed by atoms with van der Waals surface area (Å²) in [7, 11) is 1.74. The molecule has 2 rings (SSSR count). The highest BCUT2D eigenvalue weighted by Crippen LogP contribution is 2.24. The quantitative estimate of drug-likeness (QED) is 0.915. The average Bonchev–Trinajstić information content (AvgIpc) is 2.56. The first kappa shape index (κ1) is 15.3. The van der Waals surface area contributed by atoms with Crippen LogP contribution in [0, 0.1) is 0 Å². The van der Waals surface area contributed by atoms with Gasteiger partial charge in [0, 0.05) is 12.6 Å². The number of amides is 1. The van der Waals surface area contributed by atoms with Gasteiger partial charge in [-0.3, -0.25) is 4.79 Å². The van der Waals surface area contributed by atoms with Crippen molar-refractivity contribution in [3.8, 4) is 11.1 Å².